The van der Waals surface area contributed by atoms with Gasteiger partial charge in [-0.3, -0.25) is 4.79 Å². The highest BCUT2D eigenvalue weighted by atomic mass is 16.5. The third-order valence-electron chi connectivity index (χ3n) is 4.46. The van der Waals surface area contributed by atoms with E-state index in [0.29, 0.717) is 12.8 Å². The maximum atomic E-state index is 11.3. The van der Waals surface area contributed by atoms with Gasteiger partial charge in [-0.15, -0.1) is 0 Å². The molecule has 0 bridgehead atoms. The van der Waals surface area contributed by atoms with Gasteiger partial charge in [0.2, 0.25) is 0 Å². The second-order valence-corrected chi connectivity index (χ2v) is 5.99. The third-order valence-corrected chi connectivity index (χ3v) is 4.46. The number of rotatable bonds is 3. The lowest BCUT2D eigenvalue weighted by atomic mass is 9.65. The molecule has 1 saturated carbocycles. The van der Waals surface area contributed by atoms with E-state index in [1.165, 1.54) is 0 Å². The number of carboxylic acids is 1. The maximum Gasteiger partial charge on any atom is 0.307 e. The lowest BCUT2D eigenvalue weighted by molar-refractivity contribution is -0.152. The Morgan fingerprint density at radius 3 is 2.10 bits per heavy atom. The molecular formula is C16H22O4. The molecule has 1 aromatic carbocycles. The molecule has 2 N–H and O–H groups in total. The summed E-state index contributed by atoms with van der Waals surface area (Å²) in [5.41, 5.74) is -0.113. The first-order chi connectivity index (χ1) is 9.37. The molecule has 0 amide bonds. The van der Waals surface area contributed by atoms with E-state index < -0.39 is 11.6 Å². The summed E-state index contributed by atoms with van der Waals surface area (Å²) >= 11 is 0. The van der Waals surface area contributed by atoms with Crippen molar-refractivity contribution in [3.8, 4) is 5.75 Å². The topological polar surface area (TPSA) is 66.8 Å². The lowest BCUT2D eigenvalue weighted by Crippen LogP contribution is -2.43. The van der Waals surface area contributed by atoms with Gasteiger partial charge in [-0.25, -0.2) is 0 Å². The van der Waals surface area contributed by atoms with Gasteiger partial charge in [0, 0.05) is 0 Å². The number of hydrogen-bond acceptors (Lipinski definition) is 3. The van der Waals surface area contributed by atoms with Crippen LogP contribution in [-0.4, -0.2) is 23.3 Å². The summed E-state index contributed by atoms with van der Waals surface area (Å²) < 4.78 is 5.12. The molecule has 1 fully saturated rings. The highest BCUT2D eigenvalue weighted by Crippen LogP contribution is 2.45. The van der Waals surface area contributed by atoms with Gasteiger partial charge >= 0.3 is 5.97 Å². The fraction of sp³-hybridized carbons (Fsp3) is 0.562. The zero-order valence-corrected chi connectivity index (χ0v) is 12.2. The Bertz CT molecular complexity index is 468. The minimum absolute atomic E-state index is 0.0525. The Morgan fingerprint density at radius 2 is 1.70 bits per heavy atom. The number of carboxylic acid groups (broad SMARTS) is 1. The molecule has 1 aliphatic rings. The van der Waals surface area contributed by atoms with Gasteiger partial charge in [0.25, 0.3) is 0 Å². The van der Waals surface area contributed by atoms with E-state index in [2.05, 4.69) is 0 Å². The largest absolute Gasteiger partial charge is 0.497 e. The van der Waals surface area contributed by atoms with Gasteiger partial charge in [0.15, 0.2) is 0 Å². The zero-order chi connectivity index (χ0) is 14.9. The number of methoxy groups -OCH3 is 1. The normalized spacial score (nSPS) is 33.7. The van der Waals surface area contributed by atoms with Crippen LogP contribution in [0.15, 0.2) is 24.3 Å². The average Bonchev–Trinajstić information content (AvgIpc) is 2.37. The molecule has 1 aromatic rings. The Kier molecular flexibility index (Phi) is 4.04. The SMILES string of the molecule is COc1ccc(C2(O)C[C@@H](C)C(C(=O)O)[C@H](C)C2)cc1. The van der Waals surface area contributed by atoms with E-state index in [1.54, 1.807) is 7.11 Å². The van der Waals surface area contributed by atoms with Crippen molar-refractivity contribution >= 4 is 5.97 Å². The fourth-order valence-electron chi connectivity index (χ4n) is 3.59. The molecule has 1 aliphatic carbocycles. The van der Waals surface area contributed by atoms with Crippen molar-refractivity contribution in [2.75, 3.05) is 7.11 Å². The summed E-state index contributed by atoms with van der Waals surface area (Å²) in [5, 5.41) is 20.2. The molecule has 4 heteroatoms. The number of hydrogen-bond donors (Lipinski definition) is 2. The minimum Gasteiger partial charge on any atom is -0.497 e. The maximum absolute atomic E-state index is 11.3. The summed E-state index contributed by atoms with van der Waals surface area (Å²) in [4.78, 5) is 11.3. The summed E-state index contributed by atoms with van der Waals surface area (Å²) in [6.45, 7) is 3.81. The van der Waals surface area contributed by atoms with E-state index in [1.807, 2.05) is 38.1 Å². The average molecular weight is 278 g/mol. The summed E-state index contributed by atoms with van der Waals surface area (Å²) in [6.07, 6.45) is 0.946. The van der Waals surface area contributed by atoms with E-state index in [4.69, 9.17) is 4.74 Å². The molecule has 0 saturated heterocycles. The Morgan fingerprint density at radius 1 is 1.20 bits per heavy atom. The van der Waals surface area contributed by atoms with E-state index in [0.717, 1.165) is 11.3 Å². The van der Waals surface area contributed by atoms with Crippen LogP contribution in [0.25, 0.3) is 0 Å². The zero-order valence-electron chi connectivity index (χ0n) is 12.2. The van der Waals surface area contributed by atoms with Crippen LogP contribution in [0.4, 0.5) is 0 Å². The van der Waals surface area contributed by atoms with Crippen LogP contribution in [-0.2, 0) is 10.4 Å². The van der Waals surface area contributed by atoms with Crippen LogP contribution >= 0.6 is 0 Å². The second kappa shape index (κ2) is 5.44. The first-order valence-electron chi connectivity index (χ1n) is 6.97. The second-order valence-electron chi connectivity index (χ2n) is 5.99. The molecule has 0 aliphatic heterocycles. The highest BCUT2D eigenvalue weighted by molar-refractivity contribution is 5.71. The molecule has 0 heterocycles. The number of aliphatic carboxylic acids is 1. The van der Waals surface area contributed by atoms with E-state index in [-0.39, 0.29) is 17.8 Å². The van der Waals surface area contributed by atoms with Crippen LogP contribution in [0.2, 0.25) is 0 Å². The number of benzene rings is 1. The monoisotopic (exact) mass is 278 g/mol. The molecule has 0 aromatic heterocycles. The van der Waals surface area contributed by atoms with Crippen LogP contribution in [0.3, 0.4) is 0 Å². The number of carbonyl (C=O) groups is 1. The van der Waals surface area contributed by atoms with Gasteiger partial charge in [-0.2, -0.15) is 0 Å². The lowest BCUT2D eigenvalue weighted by Gasteiger charge is -2.42. The highest BCUT2D eigenvalue weighted by Gasteiger charge is 2.45. The first kappa shape index (κ1) is 14.9. The van der Waals surface area contributed by atoms with Crippen LogP contribution in [0.1, 0.15) is 32.3 Å². The van der Waals surface area contributed by atoms with Crippen molar-refractivity contribution in [3.63, 3.8) is 0 Å². The fourth-order valence-corrected chi connectivity index (χ4v) is 3.59. The predicted octanol–water partition coefficient (Wildman–Crippen LogP) is 2.65. The first-order valence-corrected chi connectivity index (χ1v) is 6.97. The molecule has 20 heavy (non-hydrogen) atoms. The summed E-state index contributed by atoms with van der Waals surface area (Å²) in [6, 6.07) is 7.37. The van der Waals surface area contributed by atoms with Crippen molar-refractivity contribution in [3.05, 3.63) is 29.8 Å². The molecule has 2 rings (SSSR count). The molecule has 110 valence electrons. The summed E-state index contributed by atoms with van der Waals surface area (Å²) in [7, 11) is 1.60. The van der Waals surface area contributed by atoms with Crippen molar-refractivity contribution in [1.82, 2.24) is 0 Å². The molecule has 0 radical (unpaired) electrons. The van der Waals surface area contributed by atoms with Gasteiger partial charge in [-0.05, 0) is 42.4 Å². The number of aliphatic hydroxyl groups is 1. The molecule has 0 unspecified atom stereocenters. The predicted molar refractivity (Wildman–Crippen MR) is 75.6 cm³/mol. The van der Waals surface area contributed by atoms with Crippen molar-refractivity contribution in [1.29, 1.82) is 0 Å². The summed E-state index contributed by atoms with van der Waals surface area (Å²) in [5.74, 6) is -0.500. The third kappa shape index (κ3) is 2.66. The van der Waals surface area contributed by atoms with Gasteiger partial charge in [0.1, 0.15) is 5.75 Å². The van der Waals surface area contributed by atoms with E-state index >= 15 is 0 Å². The van der Waals surface area contributed by atoms with Crippen LogP contribution in [0, 0.1) is 17.8 Å². The van der Waals surface area contributed by atoms with Crippen LogP contribution < -0.4 is 4.74 Å². The standard InChI is InChI=1S/C16H22O4/c1-10-8-16(19,9-11(2)14(10)15(17)18)12-4-6-13(20-3)7-5-12/h4-7,10-11,14,19H,8-9H2,1-3H3,(H,17,18)/t10-,11-,14?,16?/m1/s1. The van der Waals surface area contributed by atoms with Crippen molar-refractivity contribution < 1.29 is 19.7 Å². The van der Waals surface area contributed by atoms with E-state index in [9.17, 15) is 15.0 Å². The van der Waals surface area contributed by atoms with Gasteiger partial charge in [-0.1, -0.05) is 26.0 Å². The van der Waals surface area contributed by atoms with Gasteiger partial charge < -0.3 is 14.9 Å². The van der Waals surface area contributed by atoms with Gasteiger partial charge in [0.05, 0.1) is 18.6 Å². The van der Waals surface area contributed by atoms with Crippen molar-refractivity contribution in [2.45, 2.75) is 32.3 Å². The smallest absolute Gasteiger partial charge is 0.307 e. The molecule has 2 atom stereocenters. The molecular weight excluding hydrogens is 256 g/mol. The Hall–Kier alpha value is -1.55. The van der Waals surface area contributed by atoms with Crippen LogP contribution in [0.5, 0.6) is 5.75 Å². The Labute approximate surface area is 119 Å². The quantitative estimate of drug-likeness (QED) is 0.892. The number of ether oxygens (including phenoxy) is 1. The minimum atomic E-state index is -0.947. The molecule has 4 nitrogen and oxygen atoms in total. The Balaban J connectivity index is 2.25. The van der Waals surface area contributed by atoms with Crippen molar-refractivity contribution in [2.24, 2.45) is 17.8 Å². The molecule has 0 spiro atoms.